The molecule has 1 aromatic heterocycles. The van der Waals surface area contributed by atoms with Crippen LogP contribution in [-0.2, 0) is 13.5 Å². The number of rotatable bonds is 6. The summed E-state index contributed by atoms with van der Waals surface area (Å²) in [6.45, 7) is 5.38. The molecule has 0 saturated heterocycles. The van der Waals surface area contributed by atoms with Gasteiger partial charge in [0.25, 0.3) is 0 Å². The van der Waals surface area contributed by atoms with Gasteiger partial charge in [-0.15, -0.1) is 0 Å². The molecule has 19 heavy (non-hydrogen) atoms. The van der Waals surface area contributed by atoms with Gasteiger partial charge in [-0.25, -0.2) is 4.98 Å². The maximum Gasteiger partial charge on any atom is 0.113 e. The van der Waals surface area contributed by atoms with Gasteiger partial charge in [-0.1, -0.05) is 38.1 Å². The van der Waals surface area contributed by atoms with Crippen molar-refractivity contribution < 1.29 is 0 Å². The Labute approximate surface area is 115 Å². The van der Waals surface area contributed by atoms with E-state index >= 15 is 0 Å². The first-order valence-corrected chi connectivity index (χ1v) is 6.97. The highest BCUT2D eigenvalue weighted by molar-refractivity contribution is 5.75. The van der Waals surface area contributed by atoms with Crippen molar-refractivity contribution >= 4 is 11.0 Å². The number of nitrogens with one attached hydrogen (secondary N) is 1. The summed E-state index contributed by atoms with van der Waals surface area (Å²) in [6, 6.07) is 8.83. The Morgan fingerprint density at radius 1 is 1.26 bits per heavy atom. The fourth-order valence-corrected chi connectivity index (χ4v) is 2.14. The SMILES string of the molecule is CC(C)NCCC=CCc1nc2ccccc2n1C. The number of para-hydroxylation sites is 2. The standard InChI is InChI=1S/C16H23N3/c1-13(2)17-12-8-4-5-11-16-18-14-9-6-7-10-15(14)19(16)3/h4-7,9-10,13,17H,8,11-12H2,1-3H3. The summed E-state index contributed by atoms with van der Waals surface area (Å²) in [5.74, 6) is 1.12. The second-order valence-electron chi connectivity index (χ2n) is 5.15. The van der Waals surface area contributed by atoms with Crippen LogP contribution in [0.25, 0.3) is 11.0 Å². The summed E-state index contributed by atoms with van der Waals surface area (Å²) in [4.78, 5) is 4.65. The Kier molecular flexibility index (Phi) is 4.74. The van der Waals surface area contributed by atoms with Crippen LogP contribution in [0.15, 0.2) is 36.4 Å². The lowest BCUT2D eigenvalue weighted by Gasteiger charge is -2.04. The summed E-state index contributed by atoms with van der Waals surface area (Å²) in [5.41, 5.74) is 2.28. The Hall–Kier alpha value is -1.61. The monoisotopic (exact) mass is 257 g/mol. The van der Waals surface area contributed by atoms with Crippen molar-refractivity contribution in [2.75, 3.05) is 6.54 Å². The quantitative estimate of drug-likeness (QED) is 0.636. The van der Waals surface area contributed by atoms with Crippen LogP contribution < -0.4 is 5.32 Å². The van der Waals surface area contributed by atoms with Crippen molar-refractivity contribution in [1.82, 2.24) is 14.9 Å². The minimum Gasteiger partial charge on any atom is -0.331 e. The third-order valence-corrected chi connectivity index (χ3v) is 3.21. The van der Waals surface area contributed by atoms with Crippen LogP contribution in [0, 0.1) is 0 Å². The van der Waals surface area contributed by atoms with E-state index in [1.54, 1.807) is 0 Å². The highest BCUT2D eigenvalue weighted by Crippen LogP contribution is 2.14. The molecule has 0 atom stereocenters. The maximum atomic E-state index is 4.65. The molecule has 0 spiro atoms. The summed E-state index contributed by atoms with van der Waals surface area (Å²) >= 11 is 0. The zero-order valence-corrected chi connectivity index (χ0v) is 12.1. The number of allylic oxidation sites excluding steroid dienone is 1. The van der Waals surface area contributed by atoms with E-state index in [0.29, 0.717) is 6.04 Å². The van der Waals surface area contributed by atoms with Crippen LogP contribution in [-0.4, -0.2) is 22.1 Å². The zero-order valence-electron chi connectivity index (χ0n) is 12.1. The molecule has 0 radical (unpaired) electrons. The number of benzene rings is 1. The number of hydrogen-bond donors (Lipinski definition) is 1. The zero-order chi connectivity index (χ0) is 13.7. The molecular formula is C16H23N3. The number of aromatic nitrogens is 2. The average molecular weight is 257 g/mol. The van der Waals surface area contributed by atoms with Crippen molar-refractivity contribution in [3.63, 3.8) is 0 Å². The number of hydrogen-bond acceptors (Lipinski definition) is 2. The predicted octanol–water partition coefficient (Wildman–Crippen LogP) is 3.06. The molecule has 2 aromatic rings. The van der Waals surface area contributed by atoms with Gasteiger partial charge in [0.2, 0.25) is 0 Å². The van der Waals surface area contributed by atoms with Gasteiger partial charge in [-0.3, -0.25) is 0 Å². The lowest BCUT2D eigenvalue weighted by molar-refractivity contribution is 0.594. The van der Waals surface area contributed by atoms with E-state index in [1.165, 1.54) is 5.52 Å². The van der Waals surface area contributed by atoms with E-state index in [0.717, 1.165) is 30.7 Å². The summed E-state index contributed by atoms with van der Waals surface area (Å²) < 4.78 is 2.17. The van der Waals surface area contributed by atoms with Crippen molar-refractivity contribution in [2.45, 2.75) is 32.7 Å². The van der Waals surface area contributed by atoms with Crippen molar-refractivity contribution in [2.24, 2.45) is 7.05 Å². The van der Waals surface area contributed by atoms with Crippen LogP contribution in [0.4, 0.5) is 0 Å². The molecule has 2 rings (SSSR count). The largest absolute Gasteiger partial charge is 0.331 e. The normalized spacial score (nSPS) is 12.0. The Balaban J connectivity index is 1.91. The second-order valence-corrected chi connectivity index (χ2v) is 5.15. The Morgan fingerprint density at radius 3 is 2.79 bits per heavy atom. The Morgan fingerprint density at radius 2 is 2.05 bits per heavy atom. The van der Waals surface area contributed by atoms with E-state index in [4.69, 9.17) is 0 Å². The number of imidazole rings is 1. The lowest BCUT2D eigenvalue weighted by Crippen LogP contribution is -2.23. The molecule has 3 heteroatoms. The molecule has 0 saturated carbocycles. The van der Waals surface area contributed by atoms with Crippen LogP contribution >= 0.6 is 0 Å². The van der Waals surface area contributed by atoms with Crippen LogP contribution in [0.5, 0.6) is 0 Å². The van der Waals surface area contributed by atoms with Gasteiger partial charge in [0, 0.05) is 19.5 Å². The molecule has 0 unspecified atom stereocenters. The summed E-state index contributed by atoms with van der Waals surface area (Å²) in [7, 11) is 2.08. The summed E-state index contributed by atoms with van der Waals surface area (Å²) in [6.07, 6.45) is 6.41. The first kappa shape index (κ1) is 13.8. The topological polar surface area (TPSA) is 29.9 Å². The Bertz CT molecular complexity index is 552. The molecule has 0 aliphatic heterocycles. The molecule has 0 amide bonds. The number of nitrogens with zero attached hydrogens (tertiary/aromatic N) is 2. The highest BCUT2D eigenvalue weighted by Gasteiger charge is 2.04. The summed E-state index contributed by atoms with van der Waals surface area (Å²) in [5, 5.41) is 3.40. The average Bonchev–Trinajstić information content (AvgIpc) is 2.71. The third-order valence-electron chi connectivity index (χ3n) is 3.21. The van der Waals surface area contributed by atoms with E-state index in [2.05, 4.69) is 66.1 Å². The first-order chi connectivity index (χ1) is 9.18. The molecule has 0 aliphatic carbocycles. The highest BCUT2D eigenvalue weighted by atomic mass is 15.1. The van der Waals surface area contributed by atoms with Crippen molar-refractivity contribution in [3.05, 3.63) is 42.2 Å². The fourth-order valence-electron chi connectivity index (χ4n) is 2.14. The van der Waals surface area contributed by atoms with Crippen molar-refractivity contribution in [3.8, 4) is 0 Å². The number of fused-ring (bicyclic) bond motifs is 1. The van der Waals surface area contributed by atoms with Crippen LogP contribution in [0.3, 0.4) is 0 Å². The van der Waals surface area contributed by atoms with Gasteiger partial charge >= 0.3 is 0 Å². The molecule has 1 N–H and O–H groups in total. The van der Waals surface area contributed by atoms with Gasteiger partial charge in [0.1, 0.15) is 5.82 Å². The molecule has 102 valence electrons. The molecule has 0 fully saturated rings. The second kappa shape index (κ2) is 6.53. The maximum absolute atomic E-state index is 4.65. The van der Waals surface area contributed by atoms with Gasteiger partial charge in [-0.05, 0) is 25.1 Å². The first-order valence-electron chi connectivity index (χ1n) is 6.97. The minimum absolute atomic E-state index is 0.563. The molecule has 1 aromatic carbocycles. The van der Waals surface area contributed by atoms with E-state index < -0.39 is 0 Å². The number of aryl methyl sites for hydroxylation is 1. The molecule has 1 heterocycles. The molecule has 3 nitrogen and oxygen atoms in total. The van der Waals surface area contributed by atoms with Gasteiger partial charge in [-0.2, -0.15) is 0 Å². The van der Waals surface area contributed by atoms with Gasteiger partial charge < -0.3 is 9.88 Å². The molecule has 0 bridgehead atoms. The molecule has 0 aliphatic rings. The van der Waals surface area contributed by atoms with Crippen LogP contribution in [0.2, 0.25) is 0 Å². The fraction of sp³-hybridized carbons (Fsp3) is 0.438. The predicted molar refractivity (Wildman–Crippen MR) is 81.3 cm³/mol. The van der Waals surface area contributed by atoms with Crippen LogP contribution in [0.1, 0.15) is 26.1 Å². The smallest absolute Gasteiger partial charge is 0.113 e. The third kappa shape index (κ3) is 3.67. The van der Waals surface area contributed by atoms with Gasteiger partial charge in [0.15, 0.2) is 0 Å². The molecular weight excluding hydrogens is 234 g/mol. The minimum atomic E-state index is 0.563. The van der Waals surface area contributed by atoms with E-state index in [1.807, 2.05) is 6.07 Å². The van der Waals surface area contributed by atoms with Crippen molar-refractivity contribution in [1.29, 1.82) is 0 Å². The van der Waals surface area contributed by atoms with Gasteiger partial charge in [0.05, 0.1) is 11.0 Å². The van der Waals surface area contributed by atoms with E-state index in [-0.39, 0.29) is 0 Å². The lowest BCUT2D eigenvalue weighted by atomic mass is 10.3. The van der Waals surface area contributed by atoms with E-state index in [9.17, 15) is 0 Å².